The zero-order valence-corrected chi connectivity index (χ0v) is 47.3. The van der Waals surface area contributed by atoms with Crippen LogP contribution in [0.3, 0.4) is 0 Å². The van der Waals surface area contributed by atoms with Crippen LogP contribution in [0.15, 0.2) is 48.6 Å². The number of rotatable bonds is 55. The topological polar surface area (TPSA) is 155 Å². The first-order valence-electron chi connectivity index (χ1n) is 29.5. The van der Waals surface area contributed by atoms with Gasteiger partial charge in [-0.1, -0.05) is 249 Å². The molecule has 12 heteroatoms. The highest BCUT2D eigenvalue weighted by Gasteiger charge is 2.28. The fourth-order valence-electron chi connectivity index (χ4n) is 8.29. The number of carbonyl (C=O) groups is 3. The van der Waals surface area contributed by atoms with Gasteiger partial charge in [-0.3, -0.25) is 23.4 Å². The lowest BCUT2D eigenvalue weighted by molar-refractivity contribution is -0.161. The molecule has 2 N–H and O–H groups in total. The second-order valence-electron chi connectivity index (χ2n) is 19.8. The maximum Gasteiger partial charge on any atom is 0.472 e. The molecule has 0 aromatic heterocycles. The fourth-order valence-corrected chi connectivity index (χ4v) is 9.07. The molecule has 0 fully saturated rings. The van der Waals surface area contributed by atoms with Crippen LogP contribution in [0.5, 0.6) is 0 Å². The molecule has 3 atom stereocenters. The molecule has 0 aliphatic heterocycles. The lowest BCUT2D eigenvalue weighted by atomic mass is 10.0. The van der Waals surface area contributed by atoms with Crippen molar-refractivity contribution in [2.75, 3.05) is 26.4 Å². The third-order valence-corrected chi connectivity index (χ3v) is 13.7. The zero-order chi connectivity index (χ0) is 52.7. The van der Waals surface area contributed by atoms with Gasteiger partial charge in [-0.05, 0) is 57.8 Å². The van der Waals surface area contributed by atoms with Crippen molar-refractivity contribution in [3.8, 4) is 0 Å². The summed E-state index contributed by atoms with van der Waals surface area (Å²) < 4.78 is 39.5. The molecular weight excluding hydrogens is 928 g/mol. The van der Waals surface area contributed by atoms with Crippen LogP contribution in [0.2, 0.25) is 0 Å². The van der Waals surface area contributed by atoms with Gasteiger partial charge in [0.2, 0.25) is 0 Å². The van der Waals surface area contributed by atoms with Gasteiger partial charge in [0.1, 0.15) is 12.7 Å². The number of allylic oxidation sites excluding steroid dienone is 8. The van der Waals surface area contributed by atoms with Crippen LogP contribution in [-0.2, 0) is 42.2 Å². The Balaban J connectivity index is 4.73. The lowest BCUT2D eigenvalue weighted by Gasteiger charge is -2.21. The Morgan fingerprint density at radius 3 is 1.11 bits per heavy atom. The molecule has 0 radical (unpaired) electrons. The molecule has 0 bridgehead atoms. The van der Waals surface area contributed by atoms with E-state index in [9.17, 15) is 28.9 Å². The van der Waals surface area contributed by atoms with Crippen molar-refractivity contribution in [2.45, 2.75) is 290 Å². The summed E-state index contributed by atoms with van der Waals surface area (Å²) in [6.45, 7) is 4.53. The average Bonchev–Trinajstić information content (AvgIpc) is 3.37. The minimum atomic E-state index is -4.75. The number of esters is 3. The van der Waals surface area contributed by atoms with Gasteiger partial charge < -0.3 is 24.2 Å². The maximum atomic E-state index is 12.9. The second-order valence-corrected chi connectivity index (χ2v) is 21.2. The highest BCUT2D eigenvalue weighted by molar-refractivity contribution is 7.47. The molecule has 0 aromatic carbocycles. The first kappa shape index (κ1) is 69.4. The number of phosphoric ester groups is 1. The monoisotopic (exact) mass is 1040 g/mol. The Kier molecular flexibility index (Phi) is 52.7. The highest BCUT2D eigenvalue weighted by Crippen LogP contribution is 2.43. The van der Waals surface area contributed by atoms with E-state index in [0.717, 1.165) is 89.9 Å². The molecule has 0 aromatic rings. The van der Waals surface area contributed by atoms with Crippen LogP contribution < -0.4 is 0 Å². The lowest BCUT2D eigenvalue weighted by Crippen LogP contribution is -2.30. The van der Waals surface area contributed by atoms with Crippen molar-refractivity contribution >= 4 is 25.7 Å². The van der Waals surface area contributed by atoms with E-state index in [0.29, 0.717) is 19.3 Å². The van der Waals surface area contributed by atoms with E-state index >= 15 is 0 Å². The van der Waals surface area contributed by atoms with Gasteiger partial charge in [-0.15, -0.1) is 0 Å². The Morgan fingerprint density at radius 2 is 0.722 bits per heavy atom. The number of phosphoric acid groups is 1. The summed E-state index contributed by atoms with van der Waals surface area (Å²) in [7, 11) is -4.75. The van der Waals surface area contributed by atoms with Crippen LogP contribution in [0.1, 0.15) is 278 Å². The third kappa shape index (κ3) is 52.3. The molecule has 0 saturated carbocycles. The zero-order valence-electron chi connectivity index (χ0n) is 46.4. The second kappa shape index (κ2) is 54.7. The smallest absolute Gasteiger partial charge is 0.462 e. The van der Waals surface area contributed by atoms with Gasteiger partial charge in [0.05, 0.1) is 19.8 Å². The maximum absolute atomic E-state index is 12.9. The number of hydrogen-bond donors (Lipinski definition) is 2. The summed E-state index contributed by atoms with van der Waals surface area (Å²) in [6.07, 6.45) is 57.8. The van der Waals surface area contributed by atoms with Crippen LogP contribution in [-0.4, -0.2) is 66.5 Å². The van der Waals surface area contributed by atoms with Crippen molar-refractivity contribution < 1.29 is 52.2 Å². The van der Waals surface area contributed by atoms with Crippen molar-refractivity contribution in [1.29, 1.82) is 0 Å². The van der Waals surface area contributed by atoms with Gasteiger partial charge in [0.15, 0.2) is 6.10 Å². The van der Waals surface area contributed by atoms with E-state index in [1.807, 2.05) is 0 Å². The van der Waals surface area contributed by atoms with E-state index in [-0.39, 0.29) is 25.9 Å². The number of aliphatic hydroxyl groups is 1. The summed E-state index contributed by atoms with van der Waals surface area (Å²) in [5.74, 6) is -1.48. The largest absolute Gasteiger partial charge is 0.472 e. The predicted octanol–water partition coefficient (Wildman–Crippen LogP) is 17.4. The highest BCUT2D eigenvalue weighted by atomic mass is 31.2. The molecule has 11 nitrogen and oxygen atoms in total. The van der Waals surface area contributed by atoms with Crippen molar-refractivity contribution in [3.05, 3.63) is 48.6 Å². The third-order valence-electron chi connectivity index (χ3n) is 12.8. The van der Waals surface area contributed by atoms with E-state index in [4.69, 9.17) is 23.3 Å². The molecule has 0 rings (SSSR count). The molecule has 3 unspecified atom stereocenters. The van der Waals surface area contributed by atoms with E-state index in [2.05, 4.69) is 69.4 Å². The molecule has 0 heterocycles. The minimum Gasteiger partial charge on any atom is -0.462 e. The molecule has 0 aliphatic carbocycles. The first-order valence-corrected chi connectivity index (χ1v) is 31.0. The molecule has 0 amide bonds. The summed E-state index contributed by atoms with van der Waals surface area (Å²) in [5.41, 5.74) is 0. The quantitative estimate of drug-likeness (QED) is 0.0197. The van der Waals surface area contributed by atoms with Crippen molar-refractivity contribution in [1.82, 2.24) is 0 Å². The van der Waals surface area contributed by atoms with Crippen LogP contribution >= 0.6 is 7.82 Å². The number of aliphatic hydroxyl groups excluding tert-OH is 1. The van der Waals surface area contributed by atoms with Crippen LogP contribution in [0.4, 0.5) is 0 Å². The number of carbonyl (C=O) groups excluding carboxylic acids is 3. The van der Waals surface area contributed by atoms with Gasteiger partial charge in [-0.2, -0.15) is 0 Å². The van der Waals surface area contributed by atoms with Gasteiger partial charge in [0.25, 0.3) is 0 Å². The molecule has 0 aliphatic rings. The van der Waals surface area contributed by atoms with Gasteiger partial charge >= 0.3 is 25.7 Å². The van der Waals surface area contributed by atoms with E-state index < -0.39 is 57.8 Å². The average molecular weight is 1040 g/mol. The fraction of sp³-hybridized carbons (Fsp3) is 0.817. The Bertz CT molecular complexity index is 1400. The summed E-state index contributed by atoms with van der Waals surface area (Å²) in [6, 6.07) is 0. The van der Waals surface area contributed by atoms with Crippen molar-refractivity contribution in [2.24, 2.45) is 0 Å². The first-order chi connectivity index (χ1) is 35.2. The Labute approximate surface area is 441 Å². The molecule has 0 spiro atoms. The Morgan fingerprint density at radius 1 is 0.403 bits per heavy atom. The molecule has 72 heavy (non-hydrogen) atoms. The Hall–Kier alpha value is -2.56. The molecule has 0 saturated heterocycles. The summed E-state index contributed by atoms with van der Waals surface area (Å²) in [5, 5.41) is 9.80. The summed E-state index contributed by atoms with van der Waals surface area (Å²) in [4.78, 5) is 48.5. The van der Waals surface area contributed by atoms with Crippen LogP contribution in [0, 0.1) is 0 Å². The number of ether oxygens (including phenoxy) is 3. The van der Waals surface area contributed by atoms with E-state index in [1.54, 1.807) is 0 Å². The van der Waals surface area contributed by atoms with Crippen molar-refractivity contribution in [3.63, 3.8) is 0 Å². The van der Waals surface area contributed by atoms with Gasteiger partial charge in [-0.25, -0.2) is 4.57 Å². The number of hydrogen-bond acceptors (Lipinski definition) is 10. The SMILES string of the molecule is CC/C=C\C/C=C\C/C=C\C/C=C\CCCCCCC(=O)OC(COC(=O)CCCCCCCCCCCCCCCCCCC)COP(=O)(O)OCC(CO)OC(=O)CCCCCCCCCCCCC. The van der Waals surface area contributed by atoms with E-state index in [1.165, 1.54) is 128 Å². The van der Waals surface area contributed by atoms with Crippen LogP contribution in [0.25, 0.3) is 0 Å². The predicted molar refractivity (Wildman–Crippen MR) is 298 cm³/mol. The number of unbranched alkanes of at least 4 members (excludes halogenated alkanes) is 30. The standard InChI is InChI=1S/C60H109O11P/c1-4-7-10-13-16-19-22-24-26-28-30-32-35-37-40-43-46-49-58(62)67-53-57(71-60(64)51-48-45-42-39-36-33-31-29-27-25-23-20-17-14-11-8-5-2)55-69-72(65,66)68-54-56(52-61)70-59(63)50-47-44-41-38-34-21-18-15-12-9-6-3/h8,11,17,20,25,27,31,33,56-57,61H,4-7,9-10,12-16,18-19,21-24,26,28-30,32,34-55H2,1-3H3,(H,65,66)/b11-8-,20-17-,27-25-,33-31-. The molecule has 420 valence electrons. The normalized spacial score (nSPS) is 13.7. The van der Waals surface area contributed by atoms with Gasteiger partial charge in [0, 0.05) is 19.3 Å². The minimum absolute atomic E-state index is 0.143. The summed E-state index contributed by atoms with van der Waals surface area (Å²) >= 11 is 0. The molecular formula is C60H109O11P.